The van der Waals surface area contributed by atoms with Crippen molar-refractivity contribution in [1.82, 2.24) is 0 Å². The lowest BCUT2D eigenvalue weighted by atomic mass is 10.2. The van der Waals surface area contributed by atoms with Crippen LogP contribution in [0, 0.1) is 0 Å². The Balaban J connectivity index is 1.30. The van der Waals surface area contributed by atoms with Gasteiger partial charge in [-0.1, -0.05) is 36.4 Å². The zero-order chi connectivity index (χ0) is 24.6. The van der Waals surface area contributed by atoms with E-state index in [0.29, 0.717) is 30.0 Å². The fourth-order valence-corrected chi connectivity index (χ4v) is 5.76. The molecule has 0 aromatic heterocycles. The molecule has 2 aliphatic rings. The number of hydrogen-bond donors (Lipinski definition) is 1. The van der Waals surface area contributed by atoms with Gasteiger partial charge in [-0.2, -0.15) is 0 Å². The van der Waals surface area contributed by atoms with E-state index in [2.05, 4.69) is 5.32 Å². The van der Waals surface area contributed by atoms with Gasteiger partial charge in [0.1, 0.15) is 6.54 Å². The molecule has 0 radical (unpaired) electrons. The van der Waals surface area contributed by atoms with Gasteiger partial charge in [0.05, 0.1) is 27.5 Å². The number of benzene rings is 3. The number of sulfonamides is 1. The van der Waals surface area contributed by atoms with Gasteiger partial charge in [-0.3, -0.25) is 18.8 Å². The Morgan fingerprint density at radius 1 is 0.943 bits per heavy atom. The van der Waals surface area contributed by atoms with E-state index >= 15 is 0 Å². The van der Waals surface area contributed by atoms with Crippen LogP contribution >= 0.6 is 0 Å². The van der Waals surface area contributed by atoms with Crippen LogP contribution in [0.2, 0.25) is 0 Å². The van der Waals surface area contributed by atoms with Crippen molar-refractivity contribution in [3.63, 3.8) is 0 Å². The van der Waals surface area contributed by atoms with E-state index in [4.69, 9.17) is 4.74 Å². The molecule has 9 nitrogen and oxygen atoms in total. The Morgan fingerprint density at radius 3 is 2.51 bits per heavy atom. The summed E-state index contributed by atoms with van der Waals surface area (Å²) < 4.78 is 33.0. The summed E-state index contributed by atoms with van der Waals surface area (Å²) in [7, 11) is -3.89. The number of carbonyl (C=O) groups excluding carboxylic acids is 3. The van der Waals surface area contributed by atoms with E-state index < -0.39 is 28.5 Å². The second-order valence-corrected chi connectivity index (χ2v) is 9.97. The monoisotopic (exact) mass is 491 g/mol. The van der Waals surface area contributed by atoms with E-state index in [1.807, 2.05) is 12.1 Å². The fraction of sp³-hybridized carbons (Fsp3) is 0.160. The molecule has 3 aromatic rings. The van der Waals surface area contributed by atoms with Crippen LogP contribution in [-0.4, -0.2) is 45.9 Å². The zero-order valence-corrected chi connectivity index (χ0v) is 19.3. The lowest BCUT2D eigenvalue weighted by molar-refractivity contribution is -0.124. The molecule has 0 unspecified atom stereocenters. The number of fused-ring (bicyclic) bond motifs is 2. The van der Waals surface area contributed by atoms with Crippen LogP contribution < -0.4 is 14.5 Å². The molecule has 0 atom stereocenters. The number of rotatable bonds is 5. The van der Waals surface area contributed by atoms with Gasteiger partial charge in [0.25, 0.3) is 15.9 Å². The van der Waals surface area contributed by atoms with Crippen molar-refractivity contribution in [2.24, 2.45) is 0 Å². The summed E-state index contributed by atoms with van der Waals surface area (Å²) >= 11 is 0. The molecule has 0 spiro atoms. The molecule has 35 heavy (non-hydrogen) atoms. The van der Waals surface area contributed by atoms with Crippen LogP contribution in [0.1, 0.15) is 15.9 Å². The highest BCUT2D eigenvalue weighted by atomic mass is 32.2. The molecule has 1 N–H and O–H groups in total. The van der Waals surface area contributed by atoms with Gasteiger partial charge in [0.2, 0.25) is 5.91 Å². The van der Waals surface area contributed by atoms with Gasteiger partial charge in [-0.05, 0) is 48.4 Å². The smallest absolute Gasteiger partial charge is 0.338 e. The summed E-state index contributed by atoms with van der Waals surface area (Å²) in [6, 6.07) is 19.6. The lowest BCUT2D eigenvalue weighted by Crippen LogP contribution is -2.44. The van der Waals surface area contributed by atoms with Crippen LogP contribution in [0.5, 0.6) is 0 Å². The number of amides is 2. The van der Waals surface area contributed by atoms with Crippen molar-refractivity contribution in [3.8, 4) is 0 Å². The predicted molar refractivity (Wildman–Crippen MR) is 129 cm³/mol. The molecule has 10 heteroatoms. The second-order valence-electron chi connectivity index (χ2n) is 8.11. The average Bonchev–Trinajstić information content (AvgIpc) is 3.32. The van der Waals surface area contributed by atoms with E-state index in [0.717, 1.165) is 5.56 Å². The Kier molecular flexibility index (Phi) is 5.73. The van der Waals surface area contributed by atoms with Gasteiger partial charge >= 0.3 is 5.97 Å². The van der Waals surface area contributed by atoms with Gasteiger partial charge < -0.3 is 10.1 Å². The summed E-state index contributed by atoms with van der Waals surface area (Å²) in [6.07, 6.45) is 0.608. The standard InChI is InChI=1S/C25H21N3O6S/c29-23-15-27(22-11-4-2-9-20(22)26-23)24(30)16-34-25(31)18-7-5-8-19(14-18)35(32,33)28-13-12-17-6-1-3-10-21(17)28/h1-11,14H,12-13,15-16H2,(H,26,29). The molecule has 3 aromatic carbocycles. The number of para-hydroxylation sites is 3. The molecule has 0 saturated carbocycles. The van der Waals surface area contributed by atoms with Gasteiger partial charge in [-0.25, -0.2) is 13.2 Å². The third-order valence-electron chi connectivity index (χ3n) is 5.90. The number of nitrogens with zero attached hydrogens (tertiary/aromatic N) is 2. The Labute approximate surface area is 202 Å². The summed E-state index contributed by atoms with van der Waals surface area (Å²) in [5.41, 5.74) is 2.56. The van der Waals surface area contributed by atoms with E-state index in [1.54, 1.807) is 36.4 Å². The van der Waals surface area contributed by atoms with Crippen LogP contribution in [0.25, 0.3) is 0 Å². The largest absolute Gasteiger partial charge is 0.452 e. The number of hydrogen-bond acceptors (Lipinski definition) is 6. The highest BCUT2D eigenvalue weighted by Gasteiger charge is 2.31. The molecule has 0 fully saturated rings. The van der Waals surface area contributed by atoms with Crippen LogP contribution in [0.15, 0.2) is 77.7 Å². The van der Waals surface area contributed by atoms with Crippen LogP contribution in [-0.2, 0) is 30.8 Å². The second kappa shape index (κ2) is 8.88. The van der Waals surface area contributed by atoms with Crippen LogP contribution in [0.4, 0.5) is 17.1 Å². The maximum atomic E-state index is 13.3. The maximum absolute atomic E-state index is 13.3. The van der Waals surface area contributed by atoms with Gasteiger partial charge in [-0.15, -0.1) is 0 Å². The summed E-state index contributed by atoms with van der Waals surface area (Å²) in [4.78, 5) is 38.5. The molecule has 178 valence electrons. The lowest BCUT2D eigenvalue weighted by Gasteiger charge is -2.28. The first kappa shape index (κ1) is 22.6. The van der Waals surface area contributed by atoms with Crippen molar-refractivity contribution in [3.05, 3.63) is 83.9 Å². The molecule has 2 heterocycles. The topological polar surface area (TPSA) is 113 Å². The minimum Gasteiger partial charge on any atom is -0.452 e. The minimum absolute atomic E-state index is 0.00291. The van der Waals surface area contributed by atoms with Crippen molar-refractivity contribution < 1.29 is 27.5 Å². The van der Waals surface area contributed by atoms with Crippen molar-refractivity contribution in [1.29, 1.82) is 0 Å². The number of ether oxygens (including phenoxy) is 1. The first-order chi connectivity index (χ1) is 16.8. The normalized spacial score (nSPS) is 14.7. The van der Waals surface area contributed by atoms with E-state index in [9.17, 15) is 22.8 Å². The third-order valence-corrected chi connectivity index (χ3v) is 7.71. The SMILES string of the molecule is O=C1CN(C(=O)COC(=O)c2cccc(S(=O)(=O)N3CCc4ccccc43)c2)c2ccccc2N1. The maximum Gasteiger partial charge on any atom is 0.338 e. The van der Waals surface area contributed by atoms with Gasteiger partial charge in [0, 0.05) is 6.54 Å². The molecule has 0 bridgehead atoms. The van der Waals surface area contributed by atoms with E-state index in [-0.39, 0.29) is 22.9 Å². The highest BCUT2D eigenvalue weighted by Crippen LogP contribution is 2.33. The molecule has 0 aliphatic carbocycles. The summed E-state index contributed by atoms with van der Waals surface area (Å²) in [6.45, 7) is -0.481. The highest BCUT2D eigenvalue weighted by molar-refractivity contribution is 7.92. The Hall–Kier alpha value is -4.18. The zero-order valence-electron chi connectivity index (χ0n) is 18.5. The number of anilines is 3. The van der Waals surface area contributed by atoms with Gasteiger partial charge in [0.15, 0.2) is 6.61 Å². The molecule has 5 rings (SSSR count). The number of nitrogens with one attached hydrogen (secondary N) is 1. The van der Waals surface area contributed by atoms with Crippen molar-refractivity contribution in [2.45, 2.75) is 11.3 Å². The number of esters is 1. The molecular weight excluding hydrogens is 470 g/mol. The number of carbonyl (C=O) groups is 3. The third kappa shape index (κ3) is 4.24. The first-order valence-corrected chi connectivity index (χ1v) is 12.4. The fourth-order valence-electron chi connectivity index (χ4n) is 4.21. The van der Waals surface area contributed by atoms with Crippen molar-refractivity contribution >= 4 is 44.9 Å². The molecule has 0 saturated heterocycles. The first-order valence-electron chi connectivity index (χ1n) is 10.9. The average molecular weight is 492 g/mol. The molecule has 2 aliphatic heterocycles. The van der Waals surface area contributed by atoms with Crippen LogP contribution in [0.3, 0.4) is 0 Å². The van der Waals surface area contributed by atoms with E-state index in [1.165, 1.54) is 33.5 Å². The predicted octanol–water partition coefficient (Wildman–Crippen LogP) is 2.58. The molecular formula is C25H21N3O6S. The minimum atomic E-state index is -3.89. The quantitative estimate of drug-likeness (QED) is 0.549. The summed E-state index contributed by atoms with van der Waals surface area (Å²) in [5, 5.41) is 2.68. The molecule has 2 amide bonds. The van der Waals surface area contributed by atoms with Crippen molar-refractivity contribution in [2.75, 3.05) is 34.2 Å². The Bertz CT molecular complexity index is 1450. The summed E-state index contributed by atoms with van der Waals surface area (Å²) in [5.74, 6) is -1.77. The Morgan fingerprint density at radius 2 is 1.69 bits per heavy atom.